The van der Waals surface area contributed by atoms with Crippen molar-refractivity contribution in [1.82, 2.24) is 0 Å². The Morgan fingerprint density at radius 2 is 1.10 bits per heavy atom. The molecule has 0 bridgehead atoms. The number of phenols is 3. The Hall–Kier alpha value is -3.02. The summed E-state index contributed by atoms with van der Waals surface area (Å²) in [5, 5.41) is 34.6. The van der Waals surface area contributed by atoms with Crippen LogP contribution in [0.4, 0.5) is 0 Å². The molecule has 106 valence electrons. The summed E-state index contributed by atoms with van der Waals surface area (Å²) in [5.74, 6) is -1.46. The summed E-state index contributed by atoms with van der Waals surface area (Å²) in [6.07, 6.45) is 0. The van der Waals surface area contributed by atoms with E-state index in [9.17, 15) is 4.79 Å². The first-order valence-corrected chi connectivity index (χ1v) is 5.29. The fourth-order valence-electron chi connectivity index (χ4n) is 1.12. The smallest absolute Gasteiger partial charge is 0.339 e. The monoisotopic (exact) mass is 278 g/mol. The number of carbonyl (C=O) groups excluding carboxylic acids is 1. The third kappa shape index (κ3) is 5.54. The van der Waals surface area contributed by atoms with E-state index in [0.29, 0.717) is 0 Å². The average molecular weight is 278 g/mol. The maximum Gasteiger partial charge on any atom is 0.339 e. The van der Waals surface area contributed by atoms with Crippen molar-refractivity contribution in [2.75, 3.05) is 0 Å². The van der Waals surface area contributed by atoms with E-state index < -0.39 is 5.97 Å². The number of carbonyl (C=O) groups is 2. The zero-order chi connectivity index (χ0) is 15.5. The zero-order valence-electron chi connectivity index (χ0n) is 10.4. The average Bonchev–Trinajstić information content (AvgIpc) is 2.45. The second-order valence-electron chi connectivity index (χ2n) is 3.31. The molecule has 0 aliphatic heterocycles. The van der Waals surface area contributed by atoms with E-state index in [-0.39, 0.29) is 22.8 Å². The van der Waals surface area contributed by atoms with Crippen molar-refractivity contribution in [1.29, 1.82) is 0 Å². The standard InChI is InChI=1S/C7H6O3.C6H6O2.CH2O/c8-6-4-2-1-3-5(6)7(9)10;7-5-3-1-2-4-6(5)8;1-2/h1-4,8H,(H,9,10);1-4,7-8H;1H2. The van der Waals surface area contributed by atoms with E-state index >= 15 is 0 Å². The molecular formula is C14H14O6. The Labute approximate surface area is 115 Å². The van der Waals surface area contributed by atoms with E-state index in [2.05, 4.69) is 0 Å². The van der Waals surface area contributed by atoms with Gasteiger partial charge in [0, 0.05) is 0 Å². The topological polar surface area (TPSA) is 115 Å². The first kappa shape index (κ1) is 17.0. The minimum Gasteiger partial charge on any atom is -0.507 e. The number of rotatable bonds is 1. The molecule has 0 unspecified atom stereocenters. The molecule has 0 heterocycles. The van der Waals surface area contributed by atoms with Gasteiger partial charge in [-0.1, -0.05) is 24.3 Å². The zero-order valence-corrected chi connectivity index (χ0v) is 10.4. The van der Waals surface area contributed by atoms with Gasteiger partial charge in [0.1, 0.15) is 18.1 Å². The Bertz CT molecular complexity index is 532. The van der Waals surface area contributed by atoms with Crippen molar-refractivity contribution in [3.8, 4) is 17.2 Å². The lowest BCUT2D eigenvalue weighted by atomic mass is 10.2. The largest absolute Gasteiger partial charge is 0.507 e. The fraction of sp³-hybridized carbons (Fsp3) is 0. The van der Waals surface area contributed by atoms with Crippen LogP contribution in [0.2, 0.25) is 0 Å². The van der Waals surface area contributed by atoms with Gasteiger partial charge >= 0.3 is 5.97 Å². The molecule has 0 radical (unpaired) electrons. The van der Waals surface area contributed by atoms with Crippen molar-refractivity contribution >= 4 is 12.8 Å². The van der Waals surface area contributed by atoms with Crippen LogP contribution in [-0.2, 0) is 4.79 Å². The van der Waals surface area contributed by atoms with E-state index in [1.165, 1.54) is 24.3 Å². The number of aromatic hydroxyl groups is 3. The number of hydrogen-bond acceptors (Lipinski definition) is 5. The summed E-state index contributed by atoms with van der Waals surface area (Å²) in [6.45, 7) is 2.00. The minimum atomic E-state index is -1.11. The molecule has 20 heavy (non-hydrogen) atoms. The molecule has 2 rings (SSSR count). The molecule has 2 aromatic carbocycles. The molecule has 0 spiro atoms. The third-order valence-electron chi connectivity index (χ3n) is 2.02. The van der Waals surface area contributed by atoms with Crippen molar-refractivity contribution in [3.05, 3.63) is 54.1 Å². The molecule has 4 N–H and O–H groups in total. The Balaban J connectivity index is 0.000000327. The van der Waals surface area contributed by atoms with Gasteiger partial charge in [-0.25, -0.2) is 4.79 Å². The van der Waals surface area contributed by atoms with Gasteiger partial charge in [0.15, 0.2) is 11.5 Å². The van der Waals surface area contributed by atoms with Crippen LogP contribution in [0.5, 0.6) is 17.2 Å². The predicted molar refractivity (Wildman–Crippen MR) is 72.0 cm³/mol. The number of benzene rings is 2. The summed E-state index contributed by atoms with van der Waals surface area (Å²) in [5.41, 5.74) is -0.0671. The van der Waals surface area contributed by atoms with Gasteiger partial charge < -0.3 is 25.2 Å². The molecule has 0 atom stereocenters. The van der Waals surface area contributed by atoms with Gasteiger partial charge in [0.25, 0.3) is 0 Å². The lowest BCUT2D eigenvalue weighted by Crippen LogP contribution is -1.95. The van der Waals surface area contributed by atoms with Gasteiger partial charge in [-0.15, -0.1) is 0 Å². The summed E-state index contributed by atoms with van der Waals surface area (Å²) in [7, 11) is 0. The highest BCUT2D eigenvalue weighted by Gasteiger charge is 2.05. The molecule has 0 aliphatic carbocycles. The molecule has 0 saturated carbocycles. The normalized spacial score (nSPS) is 8.40. The van der Waals surface area contributed by atoms with Crippen LogP contribution >= 0.6 is 0 Å². The lowest BCUT2D eigenvalue weighted by Gasteiger charge is -1.95. The van der Waals surface area contributed by atoms with Crippen LogP contribution in [0.25, 0.3) is 0 Å². The van der Waals surface area contributed by atoms with Gasteiger partial charge in [0.05, 0.1) is 0 Å². The predicted octanol–water partition coefficient (Wildman–Crippen LogP) is 2.00. The van der Waals surface area contributed by atoms with Gasteiger partial charge in [-0.05, 0) is 24.3 Å². The minimum absolute atomic E-state index is 0.0671. The van der Waals surface area contributed by atoms with E-state index in [1.807, 2.05) is 6.79 Å². The summed E-state index contributed by atoms with van der Waals surface area (Å²) >= 11 is 0. The van der Waals surface area contributed by atoms with Crippen LogP contribution < -0.4 is 0 Å². The molecule has 0 aliphatic rings. The van der Waals surface area contributed by atoms with E-state index in [4.69, 9.17) is 25.2 Å². The number of phenolic OH excluding ortho intramolecular Hbond substituents is 2. The summed E-state index contributed by atoms with van der Waals surface area (Å²) in [6, 6.07) is 12.0. The van der Waals surface area contributed by atoms with Crippen molar-refractivity contribution in [2.45, 2.75) is 0 Å². The third-order valence-corrected chi connectivity index (χ3v) is 2.02. The Morgan fingerprint density at radius 3 is 1.35 bits per heavy atom. The highest BCUT2D eigenvalue weighted by atomic mass is 16.4. The Morgan fingerprint density at radius 1 is 0.750 bits per heavy atom. The molecular weight excluding hydrogens is 264 g/mol. The fourth-order valence-corrected chi connectivity index (χ4v) is 1.12. The molecule has 6 heteroatoms. The van der Waals surface area contributed by atoms with Crippen molar-refractivity contribution in [3.63, 3.8) is 0 Å². The second kappa shape index (κ2) is 8.98. The molecule has 6 nitrogen and oxygen atoms in total. The second-order valence-corrected chi connectivity index (χ2v) is 3.31. The van der Waals surface area contributed by atoms with Gasteiger partial charge in [-0.2, -0.15) is 0 Å². The molecule has 0 amide bonds. The van der Waals surface area contributed by atoms with E-state index in [0.717, 1.165) is 0 Å². The van der Waals surface area contributed by atoms with Crippen LogP contribution in [0.3, 0.4) is 0 Å². The van der Waals surface area contributed by atoms with E-state index in [1.54, 1.807) is 24.3 Å². The van der Waals surface area contributed by atoms with Crippen LogP contribution in [0.15, 0.2) is 48.5 Å². The summed E-state index contributed by atoms with van der Waals surface area (Å²) < 4.78 is 0. The maximum absolute atomic E-state index is 10.3. The first-order chi connectivity index (χ1) is 9.52. The Kier molecular flexibility index (Phi) is 7.63. The number of aromatic carboxylic acids is 1. The maximum atomic E-state index is 10.3. The quantitative estimate of drug-likeness (QED) is 0.593. The number of carboxylic acid groups (broad SMARTS) is 1. The van der Waals surface area contributed by atoms with Crippen LogP contribution in [0.1, 0.15) is 10.4 Å². The SMILES string of the molecule is C=O.O=C(O)c1ccccc1O.Oc1ccccc1O. The number of carboxylic acids is 1. The van der Waals surface area contributed by atoms with Crippen molar-refractivity contribution in [2.24, 2.45) is 0 Å². The lowest BCUT2D eigenvalue weighted by molar-refractivity contribution is -0.0980. The van der Waals surface area contributed by atoms with Crippen LogP contribution in [-0.4, -0.2) is 33.2 Å². The number of hydrogen-bond donors (Lipinski definition) is 4. The highest BCUT2D eigenvalue weighted by molar-refractivity contribution is 5.90. The van der Waals surface area contributed by atoms with Gasteiger partial charge in [-0.3, -0.25) is 0 Å². The molecule has 0 saturated heterocycles. The molecule has 0 fully saturated rings. The molecule has 0 aromatic heterocycles. The van der Waals surface area contributed by atoms with Crippen molar-refractivity contribution < 1.29 is 30.0 Å². The first-order valence-electron chi connectivity index (χ1n) is 5.29. The summed E-state index contributed by atoms with van der Waals surface area (Å²) in [4.78, 5) is 18.3. The molecule has 2 aromatic rings. The van der Waals surface area contributed by atoms with Crippen LogP contribution in [0, 0.1) is 0 Å². The number of para-hydroxylation sites is 3. The highest BCUT2D eigenvalue weighted by Crippen LogP contribution is 2.21. The van der Waals surface area contributed by atoms with Gasteiger partial charge in [0.2, 0.25) is 0 Å².